The molecule has 1 aromatic carbocycles. The minimum atomic E-state index is -0.433. The van der Waals surface area contributed by atoms with Gasteiger partial charge >= 0.3 is 0 Å². The summed E-state index contributed by atoms with van der Waals surface area (Å²) >= 11 is 0. The predicted molar refractivity (Wildman–Crippen MR) is 80.8 cm³/mol. The molecule has 112 valence electrons. The van der Waals surface area contributed by atoms with Crippen LogP contribution in [0.5, 0.6) is 0 Å². The molecule has 0 spiro atoms. The number of nitriles is 1. The van der Waals surface area contributed by atoms with Crippen LogP contribution >= 0.6 is 0 Å². The van der Waals surface area contributed by atoms with E-state index in [9.17, 15) is 10.1 Å². The van der Waals surface area contributed by atoms with Gasteiger partial charge in [-0.15, -0.1) is 0 Å². The number of anilines is 2. The number of nitrogen functional groups attached to an aromatic ring is 1. The summed E-state index contributed by atoms with van der Waals surface area (Å²) in [4.78, 5) is 14.2. The summed E-state index contributed by atoms with van der Waals surface area (Å²) in [6.45, 7) is 5.23. The molecule has 1 heterocycles. The Morgan fingerprint density at radius 1 is 1.57 bits per heavy atom. The third kappa shape index (κ3) is 3.44. The number of nitrogens with zero attached hydrogens (tertiary/aromatic N) is 2. The maximum absolute atomic E-state index is 12.3. The second-order valence-electron chi connectivity index (χ2n) is 5.34. The van der Waals surface area contributed by atoms with Gasteiger partial charge in [0.2, 0.25) is 5.91 Å². The highest BCUT2D eigenvalue weighted by molar-refractivity contribution is 5.86. The molecule has 6 heteroatoms. The fraction of sp³-hybridized carbons (Fsp3) is 0.467. The van der Waals surface area contributed by atoms with E-state index in [4.69, 9.17) is 10.5 Å². The molecule has 3 N–H and O–H groups in total. The van der Waals surface area contributed by atoms with E-state index in [-0.39, 0.29) is 11.9 Å². The zero-order valence-corrected chi connectivity index (χ0v) is 12.3. The van der Waals surface area contributed by atoms with Crippen LogP contribution in [0.25, 0.3) is 0 Å². The number of rotatable bonds is 3. The SMILES string of the molecule is CC(C)NC(=O)C1COCCN1c1ccc(N)cc1C#N. The average Bonchev–Trinajstić information content (AvgIpc) is 2.46. The highest BCUT2D eigenvalue weighted by Crippen LogP contribution is 2.26. The van der Waals surface area contributed by atoms with Crippen molar-refractivity contribution in [2.45, 2.75) is 25.9 Å². The van der Waals surface area contributed by atoms with Crippen molar-refractivity contribution in [3.05, 3.63) is 23.8 Å². The highest BCUT2D eigenvalue weighted by Gasteiger charge is 2.31. The zero-order valence-electron chi connectivity index (χ0n) is 12.3. The van der Waals surface area contributed by atoms with Crippen LogP contribution in [0, 0.1) is 11.3 Å². The molecule has 1 aromatic rings. The first-order chi connectivity index (χ1) is 10.0. The van der Waals surface area contributed by atoms with Gasteiger partial charge in [-0.1, -0.05) is 0 Å². The fourth-order valence-corrected chi connectivity index (χ4v) is 2.38. The first-order valence-corrected chi connectivity index (χ1v) is 6.97. The van der Waals surface area contributed by atoms with Crippen LogP contribution in [0.1, 0.15) is 19.4 Å². The molecule has 1 saturated heterocycles. The summed E-state index contributed by atoms with van der Waals surface area (Å²) in [5.74, 6) is -0.0922. The van der Waals surface area contributed by atoms with Gasteiger partial charge in [-0.3, -0.25) is 4.79 Å². The van der Waals surface area contributed by atoms with E-state index >= 15 is 0 Å². The van der Waals surface area contributed by atoms with Gasteiger partial charge in [0.1, 0.15) is 12.1 Å². The largest absolute Gasteiger partial charge is 0.399 e. The number of nitrogens with one attached hydrogen (secondary N) is 1. The van der Waals surface area contributed by atoms with Gasteiger partial charge in [0.05, 0.1) is 24.5 Å². The van der Waals surface area contributed by atoms with Crippen molar-refractivity contribution in [2.75, 3.05) is 30.4 Å². The van der Waals surface area contributed by atoms with Crippen molar-refractivity contribution in [1.82, 2.24) is 5.32 Å². The number of ether oxygens (including phenoxy) is 1. The number of nitrogens with two attached hydrogens (primary N) is 1. The standard InChI is InChI=1S/C15H20N4O2/c1-10(2)18-15(20)14-9-21-6-5-19(14)13-4-3-12(17)7-11(13)8-16/h3-4,7,10,14H,5-6,9,17H2,1-2H3,(H,18,20). The van der Waals surface area contributed by atoms with E-state index in [0.717, 1.165) is 5.69 Å². The molecule has 2 rings (SSSR count). The van der Waals surface area contributed by atoms with Gasteiger partial charge in [-0.05, 0) is 32.0 Å². The molecule has 1 aliphatic heterocycles. The Kier molecular flexibility index (Phi) is 4.66. The molecular formula is C15H20N4O2. The normalized spacial score (nSPS) is 18.4. The predicted octanol–water partition coefficient (Wildman–Crippen LogP) is 0.870. The maximum atomic E-state index is 12.3. The lowest BCUT2D eigenvalue weighted by molar-refractivity contribution is -0.125. The monoisotopic (exact) mass is 288 g/mol. The molecule has 1 atom stereocenters. The van der Waals surface area contributed by atoms with E-state index < -0.39 is 6.04 Å². The summed E-state index contributed by atoms with van der Waals surface area (Å²) in [5.41, 5.74) is 7.45. The Balaban J connectivity index is 2.31. The van der Waals surface area contributed by atoms with E-state index in [1.54, 1.807) is 18.2 Å². The molecule has 0 aromatic heterocycles. The van der Waals surface area contributed by atoms with Crippen LogP contribution in [-0.2, 0) is 9.53 Å². The third-order valence-electron chi connectivity index (χ3n) is 3.31. The summed E-state index contributed by atoms with van der Waals surface area (Å²) in [5, 5.41) is 12.2. The number of carbonyl (C=O) groups is 1. The van der Waals surface area contributed by atoms with Gasteiger partial charge in [0, 0.05) is 18.3 Å². The van der Waals surface area contributed by atoms with E-state index in [1.807, 2.05) is 18.7 Å². The minimum Gasteiger partial charge on any atom is -0.399 e. The van der Waals surface area contributed by atoms with Crippen molar-refractivity contribution in [3.8, 4) is 6.07 Å². The summed E-state index contributed by atoms with van der Waals surface area (Å²) < 4.78 is 5.42. The van der Waals surface area contributed by atoms with Crippen molar-refractivity contribution in [3.63, 3.8) is 0 Å². The van der Waals surface area contributed by atoms with Crippen LogP contribution in [-0.4, -0.2) is 37.7 Å². The van der Waals surface area contributed by atoms with E-state index in [2.05, 4.69) is 11.4 Å². The molecule has 0 bridgehead atoms. The Morgan fingerprint density at radius 3 is 3.00 bits per heavy atom. The van der Waals surface area contributed by atoms with Crippen molar-refractivity contribution < 1.29 is 9.53 Å². The summed E-state index contributed by atoms with van der Waals surface area (Å²) in [6.07, 6.45) is 0. The van der Waals surface area contributed by atoms with Gasteiger partial charge in [0.15, 0.2) is 0 Å². The van der Waals surface area contributed by atoms with Crippen LogP contribution in [0.3, 0.4) is 0 Å². The maximum Gasteiger partial charge on any atom is 0.245 e. The lowest BCUT2D eigenvalue weighted by atomic mass is 10.1. The quantitative estimate of drug-likeness (QED) is 0.805. The van der Waals surface area contributed by atoms with Crippen LogP contribution in [0.4, 0.5) is 11.4 Å². The number of morpholine rings is 1. The molecule has 21 heavy (non-hydrogen) atoms. The smallest absolute Gasteiger partial charge is 0.245 e. The number of carbonyl (C=O) groups excluding carboxylic acids is 1. The Morgan fingerprint density at radius 2 is 2.33 bits per heavy atom. The van der Waals surface area contributed by atoms with Crippen molar-refractivity contribution in [2.24, 2.45) is 0 Å². The molecule has 1 aliphatic rings. The van der Waals surface area contributed by atoms with Crippen LogP contribution in [0.2, 0.25) is 0 Å². The Bertz CT molecular complexity index is 565. The summed E-state index contributed by atoms with van der Waals surface area (Å²) in [6, 6.07) is 6.92. The molecule has 0 radical (unpaired) electrons. The molecule has 0 saturated carbocycles. The number of amides is 1. The second-order valence-corrected chi connectivity index (χ2v) is 5.34. The van der Waals surface area contributed by atoms with Crippen molar-refractivity contribution in [1.29, 1.82) is 5.26 Å². The van der Waals surface area contributed by atoms with Gasteiger partial charge < -0.3 is 20.7 Å². The average molecular weight is 288 g/mol. The molecule has 6 nitrogen and oxygen atoms in total. The van der Waals surface area contributed by atoms with Crippen LogP contribution in [0.15, 0.2) is 18.2 Å². The number of benzene rings is 1. The molecule has 1 fully saturated rings. The van der Waals surface area contributed by atoms with E-state index in [0.29, 0.717) is 31.0 Å². The lowest BCUT2D eigenvalue weighted by Gasteiger charge is -2.37. The molecule has 1 amide bonds. The van der Waals surface area contributed by atoms with E-state index in [1.165, 1.54) is 0 Å². The van der Waals surface area contributed by atoms with Crippen LogP contribution < -0.4 is 16.0 Å². The van der Waals surface area contributed by atoms with Gasteiger partial charge in [-0.25, -0.2) is 0 Å². The third-order valence-corrected chi connectivity index (χ3v) is 3.31. The fourth-order valence-electron chi connectivity index (χ4n) is 2.38. The number of hydrogen-bond donors (Lipinski definition) is 2. The zero-order chi connectivity index (χ0) is 15.4. The summed E-state index contributed by atoms with van der Waals surface area (Å²) in [7, 11) is 0. The van der Waals surface area contributed by atoms with Gasteiger partial charge in [0.25, 0.3) is 0 Å². The first-order valence-electron chi connectivity index (χ1n) is 6.97. The first kappa shape index (κ1) is 15.1. The van der Waals surface area contributed by atoms with Crippen molar-refractivity contribution >= 4 is 17.3 Å². The lowest BCUT2D eigenvalue weighted by Crippen LogP contribution is -2.55. The van der Waals surface area contributed by atoms with Gasteiger partial charge in [-0.2, -0.15) is 5.26 Å². The molecule has 1 unspecified atom stereocenters. The second kappa shape index (κ2) is 6.46. The highest BCUT2D eigenvalue weighted by atomic mass is 16.5. The topological polar surface area (TPSA) is 91.4 Å². The Labute approximate surface area is 124 Å². The molecule has 0 aliphatic carbocycles. The number of hydrogen-bond acceptors (Lipinski definition) is 5. The molecular weight excluding hydrogens is 268 g/mol. The minimum absolute atomic E-state index is 0.0585. The Hall–Kier alpha value is -2.26.